The lowest BCUT2D eigenvalue weighted by molar-refractivity contribution is 0.0757. The van der Waals surface area contributed by atoms with Gasteiger partial charge in [0.2, 0.25) is 0 Å². The average molecular weight is 483 g/mol. The number of hydrogen-bond acceptors (Lipinski definition) is 7. The zero-order valence-corrected chi connectivity index (χ0v) is 20.7. The van der Waals surface area contributed by atoms with Gasteiger partial charge in [-0.1, -0.05) is 18.2 Å². The highest BCUT2D eigenvalue weighted by atomic mass is 16.6. The van der Waals surface area contributed by atoms with Crippen molar-refractivity contribution in [2.24, 2.45) is 0 Å². The molecule has 2 aromatic rings. The van der Waals surface area contributed by atoms with Crippen molar-refractivity contribution in [1.82, 2.24) is 9.80 Å². The average Bonchev–Trinajstić information content (AvgIpc) is 3.48. The minimum absolute atomic E-state index is 0.0166. The molecule has 3 unspecified atom stereocenters. The van der Waals surface area contributed by atoms with E-state index in [1.807, 2.05) is 18.2 Å². The second-order valence-corrected chi connectivity index (χ2v) is 10.1. The Kier molecular flexibility index (Phi) is 7.78. The zero-order chi connectivity index (χ0) is 24.2. The third kappa shape index (κ3) is 6.09. The van der Waals surface area contributed by atoms with E-state index in [2.05, 4.69) is 34.9 Å². The van der Waals surface area contributed by atoms with E-state index in [1.165, 1.54) is 0 Å². The zero-order valence-electron chi connectivity index (χ0n) is 20.7. The summed E-state index contributed by atoms with van der Waals surface area (Å²) in [6.45, 7) is 8.65. The molecule has 190 valence electrons. The molecule has 0 aliphatic carbocycles. The Morgan fingerprint density at radius 2 is 1.74 bits per heavy atom. The summed E-state index contributed by atoms with van der Waals surface area (Å²) in [4.78, 5) is 4.59. The summed E-state index contributed by atoms with van der Waals surface area (Å²) in [6.07, 6.45) is 3.22. The van der Waals surface area contributed by atoms with E-state index in [0.717, 1.165) is 98.9 Å². The van der Waals surface area contributed by atoms with Crippen LogP contribution in [-0.2, 0) is 0 Å². The first-order chi connectivity index (χ1) is 17.0. The van der Waals surface area contributed by atoms with Crippen molar-refractivity contribution in [3.05, 3.63) is 42.0 Å². The third-order valence-corrected chi connectivity index (χ3v) is 7.40. The first kappa shape index (κ1) is 24.4. The molecule has 35 heavy (non-hydrogen) atoms. The molecule has 7 heteroatoms. The number of fused-ring (bicyclic) bond motifs is 1. The van der Waals surface area contributed by atoms with Gasteiger partial charge < -0.3 is 34.2 Å². The lowest BCUT2D eigenvalue weighted by Gasteiger charge is -2.28. The highest BCUT2D eigenvalue weighted by Crippen LogP contribution is 2.38. The standard InChI is InChI=1S/C28H38N2O5/c1-20-25(4-2-5-26(20)33-15-3-11-29-12-8-22(31)17-29)21-6-7-27-28(16-21)35-24(19-34-27)10-14-30-13-9-23(32)18-30/h2,4-7,16,22-24,31-32H,3,8-15,17-19H2,1H3. The third-order valence-electron chi connectivity index (χ3n) is 7.40. The largest absolute Gasteiger partial charge is 0.493 e. The number of benzene rings is 2. The van der Waals surface area contributed by atoms with Crippen LogP contribution in [0.5, 0.6) is 17.2 Å². The quantitative estimate of drug-likeness (QED) is 0.532. The van der Waals surface area contributed by atoms with Gasteiger partial charge in [0.05, 0.1) is 18.8 Å². The number of β-amino-alcohol motifs (C(OH)–C–C–N with tert-alkyl or cyclic N) is 2. The normalized spacial score (nSPS) is 24.7. The second kappa shape index (κ2) is 11.2. The van der Waals surface area contributed by atoms with Crippen LogP contribution in [0.2, 0.25) is 0 Å². The Morgan fingerprint density at radius 1 is 0.971 bits per heavy atom. The molecule has 5 rings (SSSR count). The van der Waals surface area contributed by atoms with Gasteiger partial charge in [-0.25, -0.2) is 0 Å². The van der Waals surface area contributed by atoms with Gasteiger partial charge in [0.1, 0.15) is 18.5 Å². The smallest absolute Gasteiger partial charge is 0.162 e. The summed E-state index contributed by atoms with van der Waals surface area (Å²) in [6, 6.07) is 12.3. The van der Waals surface area contributed by atoms with Crippen LogP contribution in [0.15, 0.2) is 36.4 Å². The predicted molar refractivity (Wildman–Crippen MR) is 135 cm³/mol. The molecule has 3 atom stereocenters. The van der Waals surface area contributed by atoms with Gasteiger partial charge in [-0.05, 0) is 61.1 Å². The number of nitrogens with zero attached hydrogens (tertiary/aromatic N) is 2. The maximum atomic E-state index is 9.74. The van der Waals surface area contributed by atoms with E-state index in [1.54, 1.807) is 0 Å². The first-order valence-electron chi connectivity index (χ1n) is 13.0. The van der Waals surface area contributed by atoms with Crippen molar-refractivity contribution in [3.63, 3.8) is 0 Å². The molecule has 2 saturated heterocycles. The summed E-state index contributed by atoms with van der Waals surface area (Å²) < 4.78 is 18.4. The molecule has 0 saturated carbocycles. The SMILES string of the molecule is Cc1c(OCCCN2CCC(O)C2)cccc1-c1ccc2c(c1)OC(CCN1CCC(O)C1)CO2. The molecule has 7 nitrogen and oxygen atoms in total. The van der Waals surface area contributed by atoms with Crippen molar-refractivity contribution in [3.8, 4) is 28.4 Å². The van der Waals surface area contributed by atoms with Crippen LogP contribution in [0.3, 0.4) is 0 Å². The highest BCUT2D eigenvalue weighted by Gasteiger charge is 2.25. The number of aliphatic hydroxyl groups excluding tert-OH is 2. The topological polar surface area (TPSA) is 74.6 Å². The Labute approximate surface area is 208 Å². The van der Waals surface area contributed by atoms with Crippen molar-refractivity contribution in [2.75, 3.05) is 52.5 Å². The van der Waals surface area contributed by atoms with Crippen LogP contribution in [0, 0.1) is 6.92 Å². The number of rotatable bonds is 9. The summed E-state index contributed by atoms with van der Waals surface area (Å²) in [7, 11) is 0. The lowest BCUT2D eigenvalue weighted by Crippen LogP contribution is -2.34. The highest BCUT2D eigenvalue weighted by molar-refractivity contribution is 5.72. The molecule has 0 radical (unpaired) electrons. The number of aliphatic hydroxyl groups is 2. The van der Waals surface area contributed by atoms with E-state index < -0.39 is 0 Å². The molecule has 2 N–H and O–H groups in total. The molecule has 0 amide bonds. The van der Waals surface area contributed by atoms with Gasteiger partial charge in [-0.2, -0.15) is 0 Å². The number of ether oxygens (including phenoxy) is 3. The van der Waals surface area contributed by atoms with Crippen molar-refractivity contribution >= 4 is 0 Å². The molecule has 3 aliphatic rings. The molecule has 3 aliphatic heterocycles. The molecule has 0 aromatic heterocycles. The van der Waals surface area contributed by atoms with E-state index >= 15 is 0 Å². The van der Waals surface area contributed by atoms with Crippen molar-refractivity contribution in [2.45, 2.75) is 50.9 Å². The van der Waals surface area contributed by atoms with Gasteiger partial charge in [0.25, 0.3) is 0 Å². The molecular weight excluding hydrogens is 444 g/mol. The van der Waals surface area contributed by atoms with Gasteiger partial charge in [-0.3, -0.25) is 0 Å². The lowest BCUT2D eigenvalue weighted by atomic mass is 9.99. The molecule has 2 aromatic carbocycles. The van der Waals surface area contributed by atoms with Crippen LogP contribution in [0.25, 0.3) is 11.1 Å². The molecule has 0 spiro atoms. The predicted octanol–water partition coefficient (Wildman–Crippen LogP) is 3.09. The van der Waals surface area contributed by atoms with E-state index in [-0.39, 0.29) is 18.3 Å². The van der Waals surface area contributed by atoms with E-state index in [9.17, 15) is 10.2 Å². The second-order valence-electron chi connectivity index (χ2n) is 10.1. The van der Waals surface area contributed by atoms with Crippen LogP contribution in [0.4, 0.5) is 0 Å². The summed E-state index contributed by atoms with van der Waals surface area (Å²) in [5, 5.41) is 19.4. The van der Waals surface area contributed by atoms with Crippen LogP contribution in [0.1, 0.15) is 31.2 Å². The maximum Gasteiger partial charge on any atom is 0.162 e. The minimum atomic E-state index is -0.191. The van der Waals surface area contributed by atoms with E-state index in [4.69, 9.17) is 14.2 Å². The van der Waals surface area contributed by atoms with E-state index in [0.29, 0.717) is 13.2 Å². The summed E-state index contributed by atoms with van der Waals surface area (Å²) in [5.74, 6) is 2.49. The monoisotopic (exact) mass is 482 g/mol. The molecular formula is C28H38N2O5. The van der Waals surface area contributed by atoms with Crippen molar-refractivity contribution in [1.29, 1.82) is 0 Å². The minimum Gasteiger partial charge on any atom is -0.493 e. The Morgan fingerprint density at radius 3 is 2.49 bits per heavy atom. The Balaban J connectivity index is 1.18. The fraction of sp³-hybridized carbons (Fsp3) is 0.571. The first-order valence-corrected chi connectivity index (χ1v) is 13.0. The summed E-state index contributed by atoms with van der Waals surface area (Å²) in [5.41, 5.74) is 3.33. The number of hydrogen-bond donors (Lipinski definition) is 2. The van der Waals surface area contributed by atoms with Gasteiger partial charge in [-0.15, -0.1) is 0 Å². The van der Waals surface area contributed by atoms with Gasteiger partial charge in [0.15, 0.2) is 11.5 Å². The molecule has 2 fully saturated rings. The summed E-state index contributed by atoms with van der Waals surface area (Å²) >= 11 is 0. The number of likely N-dealkylation sites (tertiary alicyclic amines) is 2. The van der Waals surface area contributed by atoms with Crippen LogP contribution in [-0.4, -0.2) is 90.8 Å². The fourth-order valence-corrected chi connectivity index (χ4v) is 5.34. The van der Waals surface area contributed by atoms with Crippen molar-refractivity contribution < 1.29 is 24.4 Å². The van der Waals surface area contributed by atoms with Crippen LogP contribution >= 0.6 is 0 Å². The van der Waals surface area contributed by atoms with Gasteiger partial charge in [0, 0.05) is 45.7 Å². The molecule has 0 bridgehead atoms. The van der Waals surface area contributed by atoms with Gasteiger partial charge >= 0.3 is 0 Å². The fourth-order valence-electron chi connectivity index (χ4n) is 5.34. The maximum absolute atomic E-state index is 9.74. The molecule has 3 heterocycles. The Hall–Kier alpha value is -2.32. The Bertz CT molecular complexity index is 999. The van der Waals surface area contributed by atoms with Crippen LogP contribution < -0.4 is 14.2 Å².